The fourth-order valence-electron chi connectivity index (χ4n) is 4.60. The number of nitrogens with zero attached hydrogens (tertiary/aromatic N) is 4. The molecule has 2 aromatic carbocycles. The number of aliphatic hydroxyl groups excluding tert-OH is 1. The monoisotopic (exact) mass is 558 g/mol. The van der Waals surface area contributed by atoms with Crippen LogP contribution in [0.15, 0.2) is 54.6 Å². The van der Waals surface area contributed by atoms with E-state index in [-0.39, 0.29) is 23.9 Å². The first kappa shape index (κ1) is 27.7. The number of carbonyl (C=O) groups is 1. The molecule has 1 aliphatic rings. The first-order valence-electron chi connectivity index (χ1n) is 13.3. The molecule has 2 aromatic heterocycles. The summed E-state index contributed by atoms with van der Waals surface area (Å²) in [6.07, 6.45) is 0.475. The Morgan fingerprint density at radius 3 is 2.48 bits per heavy atom. The van der Waals surface area contributed by atoms with E-state index in [1.807, 2.05) is 12.1 Å². The van der Waals surface area contributed by atoms with Crippen LogP contribution in [0.3, 0.4) is 0 Å². The Labute approximate surface area is 238 Å². The highest BCUT2D eigenvalue weighted by molar-refractivity contribution is 7.14. The average molecular weight is 559 g/mol. The standard InChI is InChI=1S/C30H34N6O3S/c1-30(2,3)25-12-11-24(40-25)28(38)32-23-6-4-5-21(22(23)18-37)27-33-26(34-29(31)35-27)17-19-7-9-20(10-8-19)36-13-15-39-16-14-36/h4-12,37H,13-18H2,1-3H3,(H,32,38)(H2,31,33,34,35). The highest BCUT2D eigenvalue weighted by Gasteiger charge is 2.20. The molecular formula is C30H34N6O3S. The average Bonchev–Trinajstić information content (AvgIpc) is 3.45. The van der Waals surface area contributed by atoms with Crippen molar-refractivity contribution < 1.29 is 14.6 Å². The maximum atomic E-state index is 13.1. The second-order valence-corrected chi connectivity index (χ2v) is 11.8. The van der Waals surface area contributed by atoms with Crippen LogP contribution in [0, 0.1) is 0 Å². The number of hydrogen-bond donors (Lipinski definition) is 3. The first-order valence-corrected chi connectivity index (χ1v) is 14.1. The third-order valence-corrected chi connectivity index (χ3v) is 8.28. The number of morpholine rings is 1. The molecule has 0 atom stereocenters. The van der Waals surface area contributed by atoms with Crippen molar-refractivity contribution in [2.24, 2.45) is 0 Å². The number of nitrogens with one attached hydrogen (secondary N) is 1. The molecule has 4 aromatic rings. The van der Waals surface area contributed by atoms with Crippen molar-refractivity contribution in [2.45, 2.75) is 39.2 Å². The summed E-state index contributed by atoms with van der Waals surface area (Å²) in [5.74, 6) is 0.729. The molecule has 1 amide bonds. The number of hydrogen-bond acceptors (Lipinski definition) is 9. The molecule has 4 N–H and O–H groups in total. The number of nitrogen functional groups attached to an aromatic ring is 1. The minimum Gasteiger partial charge on any atom is -0.392 e. The van der Waals surface area contributed by atoms with Crippen molar-refractivity contribution in [3.63, 3.8) is 0 Å². The van der Waals surface area contributed by atoms with Gasteiger partial charge in [-0.05, 0) is 41.3 Å². The molecule has 0 spiro atoms. The van der Waals surface area contributed by atoms with E-state index in [2.05, 4.69) is 70.2 Å². The fraction of sp³-hybridized carbons (Fsp3) is 0.333. The van der Waals surface area contributed by atoms with Gasteiger partial charge >= 0.3 is 0 Å². The molecule has 9 nitrogen and oxygen atoms in total. The van der Waals surface area contributed by atoms with Gasteiger partial charge in [0.05, 0.1) is 24.7 Å². The molecule has 0 radical (unpaired) electrons. The van der Waals surface area contributed by atoms with E-state index in [4.69, 9.17) is 10.5 Å². The zero-order valence-corrected chi connectivity index (χ0v) is 23.8. The summed E-state index contributed by atoms with van der Waals surface area (Å²) < 4.78 is 5.45. The molecule has 1 fully saturated rings. The highest BCUT2D eigenvalue weighted by Crippen LogP contribution is 2.32. The molecule has 0 saturated carbocycles. The molecule has 1 aliphatic heterocycles. The van der Waals surface area contributed by atoms with E-state index in [9.17, 15) is 9.90 Å². The Bertz CT molecular complexity index is 1490. The number of benzene rings is 2. The zero-order valence-electron chi connectivity index (χ0n) is 23.0. The number of thiophene rings is 1. The topological polar surface area (TPSA) is 126 Å². The van der Waals surface area contributed by atoms with Gasteiger partial charge < -0.3 is 25.8 Å². The van der Waals surface area contributed by atoms with E-state index >= 15 is 0 Å². The minimum atomic E-state index is -0.312. The molecule has 208 valence electrons. The van der Waals surface area contributed by atoms with E-state index < -0.39 is 0 Å². The van der Waals surface area contributed by atoms with Gasteiger partial charge in [0, 0.05) is 46.9 Å². The molecular weight excluding hydrogens is 524 g/mol. The number of aromatic nitrogens is 3. The van der Waals surface area contributed by atoms with Crippen LogP contribution in [0.1, 0.15) is 52.3 Å². The molecule has 40 heavy (non-hydrogen) atoms. The Morgan fingerprint density at radius 1 is 1.05 bits per heavy atom. The summed E-state index contributed by atoms with van der Waals surface area (Å²) in [5.41, 5.74) is 9.83. The van der Waals surface area contributed by atoms with E-state index in [0.29, 0.717) is 39.8 Å². The van der Waals surface area contributed by atoms with Crippen LogP contribution in [-0.2, 0) is 23.2 Å². The van der Waals surface area contributed by atoms with Crippen molar-refractivity contribution in [2.75, 3.05) is 42.3 Å². The molecule has 5 rings (SSSR count). The third-order valence-electron chi connectivity index (χ3n) is 6.77. The van der Waals surface area contributed by atoms with Gasteiger partial charge in [0.2, 0.25) is 5.95 Å². The minimum absolute atomic E-state index is 0.0412. The SMILES string of the molecule is CC(C)(C)c1ccc(C(=O)Nc2cccc(-c3nc(N)nc(Cc4ccc(N5CCOCC5)cc4)n3)c2CO)s1. The second-order valence-electron chi connectivity index (χ2n) is 10.7. The van der Waals surface area contributed by atoms with Crippen LogP contribution in [0.5, 0.6) is 0 Å². The van der Waals surface area contributed by atoms with Crippen LogP contribution >= 0.6 is 11.3 Å². The van der Waals surface area contributed by atoms with Gasteiger partial charge in [-0.15, -0.1) is 11.3 Å². The van der Waals surface area contributed by atoms with Gasteiger partial charge in [0.1, 0.15) is 5.82 Å². The Kier molecular flexibility index (Phi) is 8.11. The first-order chi connectivity index (χ1) is 19.2. The fourth-order valence-corrected chi connectivity index (χ4v) is 5.56. The van der Waals surface area contributed by atoms with Crippen molar-refractivity contribution >= 4 is 34.6 Å². The van der Waals surface area contributed by atoms with Gasteiger partial charge in [-0.3, -0.25) is 4.79 Å². The number of carbonyl (C=O) groups excluding carboxylic acids is 1. The number of rotatable bonds is 7. The van der Waals surface area contributed by atoms with Gasteiger partial charge in [-0.25, -0.2) is 4.98 Å². The zero-order chi connectivity index (χ0) is 28.3. The second kappa shape index (κ2) is 11.7. The number of amides is 1. The van der Waals surface area contributed by atoms with Gasteiger partial charge in [-0.1, -0.05) is 45.0 Å². The lowest BCUT2D eigenvalue weighted by molar-refractivity contribution is 0.103. The largest absolute Gasteiger partial charge is 0.392 e. The van der Waals surface area contributed by atoms with Crippen LogP contribution in [0.25, 0.3) is 11.4 Å². The maximum Gasteiger partial charge on any atom is 0.265 e. The van der Waals surface area contributed by atoms with Crippen molar-refractivity contribution in [3.05, 3.63) is 81.3 Å². The molecule has 0 unspecified atom stereocenters. The van der Waals surface area contributed by atoms with Crippen molar-refractivity contribution in [1.29, 1.82) is 0 Å². The Morgan fingerprint density at radius 2 is 1.80 bits per heavy atom. The lowest BCUT2D eigenvalue weighted by atomic mass is 9.95. The van der Waals surface area contributed by atoms with Crippen LogP contribution in [0.4, 0.5) is 17.3 Å². The number of aliphatic hydroxyl groups is 1. The van der Waals surface area contributed by atoms with Crippen LogP contribution in [0.2, 0.25) is 0 Å². The maximum absolute atomic E-state index is 13.1. The highest BCUT2D eigenvalue weighted by atomic mass is 32.1. The number of anilines is 3. The predicted octanol–water partition coefficient (Wildman–Crippen LogP) is 4.65. The summed E-state index contributed by atoms with van der Waals surface area (Å²) >= 11 is 1.46. The molecule has 10 heteroatoms. The molecule has 3 heterocycles. The number of ether oxygens (including phenoxy) is 1. The summed E-state index contributed by atoms with van der Waals surface area (Å²) in [6, 6.07) is 17.5. The van der Waals surface area contributed by atoms with Crippen LogP contribution in [-0.4, -0.2) is 52.3 Å². The lowest BCUT2D eigenvalue weighted by Crippen LogP contribution is -2.36. The van der Waals surface area contributed by atoms with E-state index in [1.165, 1.54) is 11.3 Å². The third kappa shape index (κ3) is 6.30. The Hall–Kier alpha value is -3.86. The summed E-state index contributed by atoms with van der Waals surface area (Å²) in [7, 11) is 0. The lowest BCUT2D eigenvalue weighted by Gasteiger charge is -2.28. The molecule has 0 bridgehead atoms. The van der Waals surface area contributed by atoms with Crippen molar-refractivity contribution in [3.8, 4) is 11.4 Å². The number of nitrogens with two attached hydrogens (primary N) is 1. The summed E-state index contributed by atoms with van der Waals surface area (Å²) in [4.78, 5) is 30.5. The van der Waals surface area contributed by atoms with Gasteiger partial charge in [-0.2, -0.15) is 9.97 Å². The quantitative estimate of drug-likeness (QED) is 0.299. The normalized spacial score (nSPS) is 13.8. The molecule has 0 aliphatic carbocycles. The van der Waals surface area contributed by atoms with Crippen LogP contribution < -0.4 is 16.0 Å². The summed E-state index contributed by atoms with van der Waals surface area (Å²) in [6.45, 7) is 9.26. The van der Waals surface area contributed by atoms with Gasteiger partial charge in [0.25, 0.3) is 5.91 Å². The Balaban J connectivity index is 1.37. The van der Waals surface area contributed by atoms with Crippen molar-refractivity contribution in [1.82, 2.24) is 15.0 Å². The smallest absolute Gasteiger partial charge is 0.265 e. The van der Waals surface area contributed by atoms with E-state index in [0.717, 1.165) is 42.4 Å². The molecule has 1 saturated heterocycles. The predicted molar refractivity (Wildman–Crippen MR) is 159 cm³/mol. The van der Waals surface area contributed by atoms with Gasteiger partial charge in [0.15, 0.2) is 5.82 Å². The summed E-state index contributed by atoms with van der Waals surface area (Å²) in [5, 5.41) is 13.3. The van der Waals surface area contributed by atoms with E-state index in [1.54, 1.807) is 18.2 Å².